The zero-order valence-corrected chi connectivity index (χ0v) is 33.7. The van der Waals surface area contributed by atoms with E-state index in [1.54, 1.807) is 0 Å². The summed E-state index contributed by atoms with van der Waals surface area (Å²) in [5.74, 6) is -0.0431. The molecule has 0 radical (unpaired) electrons. The van der Waals surface area contributed by atoms with E-state index in [1.807, 2.05) is 0 Å². The molecule has 0 saturated carbocycles. The second-order valence-electron chi connectivity index (χ2n) is 15.1. The number of hydrogen-bond acceptors (Lipinski definition) is 3. The van der Waals surface area contributed by atoms with Crippen LogP contribution in [0.15, 0.2) is 36.5 Å². The van der Waals surface area contributed by atoms with Crippen LogP contribution in [0.2, 0.25) is 0 Å². The minimum Gasteiger partial charge on any atom is -0.394 e. The molecule has 0 bridgehead atoms. The van der Waals surface area contributed by atoms with Crippen molar-refractivity contribution < 1.29 is 15.0 Å². The fourth-order valence-corrected chi connectivity index (χ4v) is 6.72. The number of hydrogen-bond donors (Lipinski definition) is 3. The van der Waals surface area contributed by atoms with Crippen LogP contribution in [0, 0.1) is 0 Å². The Kier molecular flexibility index (Phi) is 40.9. The van der Waals surface area contributed by atoms with Gasteiger partial charge in [0, 0.05) is 6.42 Å². The van der Waals surface area contributed by atoms with Gasteiger partial charge in [-0.3, -0.25) is 4.79 Å². The fraction of sp³-hybridized carbons (Fsp3) is 0.848. The van der Waals surface area contributed by atoms with Gasteiger partial charge in [0.1, 0.15) is 0 Å². The summed E-state index contributed by atoms with van der Waals surface area (Å²) >= 11 is 0. The smallest absolute Gasteiger partial charge is 0.220 e. The number of rotatable bonds is 40. The van der Waals surface area contributed by atoms with Crippen LogP contribution in [0.4, 0.5) is 0 Å². The van der Waals surface area contributed by atoms with E-state index >= 15 is 0 Å². The lowest BCUT2D eigenvalue weighted by molar-refractivity contribution is -0.123. The lowest BCUT2D eigenvalue weighted by Gasteiger charge is -2.22. The van der Waals surface area contributed by atoms with Crippen molar-refractivity contribution in [3.05, 3.63) is 36.5 Å². The van der Waals surface area contributed by atoms with Gasteiger partial charge in [-0.25, -0.2) is 0 Å². The maximum absolute atomic E-state index is 12.4. The third kappa shape index (κ3) is 37.9. The summed E-state index contributed by atoms with van der Waals surface area (Å²) in [4.78, 5) is 12.4. The van der Waals surface area contributed by atoms with Gasteiger partial charge in [-0.05, 0) is 51.4 Å². The summed E-state index contributed by atoms with van der Waals surface area (Å²) in [5.41, 5.74) is 0. The molecule has 2 atom stereocenters. The van der Waals surface area contributed by atoms with Crippen LogP contribution in [-0.4, -0.2) is 34.9 Å². The van der Waals surface area contributed by atoms with Crippen LogP contribution >= 0.6 is 0 Å². The van der Waals surface area contributed by atoms with E-state index in [9.17, 15) is 15.0 Å². The molecule has 0 heterocycles. The number of unbranched alkanes of at least 4 members (excludes halogenated alkanes) is 27. The molecule has 0 aromatic carbocycles. The molecule has 0 aliphatic heterocycles. The van der Waals surface area contributed by atoms with E-state index in [0.717, 1.165) is 51.4 Å². The zero-order chi connectivity index (χ0) is 36.4. The quantitative estimate of drug-likeness (QED) is 0.0440. The van der Waals surface area contributed by atoms with Crippen LogP contribution in [0.5, 0.6) is 0 Å². The third-order valence-corrected chi connectivity index (χ3v) is 10.2. The number of allylic oxidation sites excluding steroid dienone is 6. The number of aliphatic hydroxyl groups is 2. The maximum atomic E-state index is 12.4. The van der Waals surface area contributed by atoms with Crippen molar-refractivity contribution in [3.63, 3.8) is 0 Å². The van der Waals surface area contributed by atoms with Gasteiger partial charge in [-0.15, -0.1) is 0 Å². The Bertz CT molecular complexity index is 760. The van der Waals surface area contributed by atoms with Gasteiger partial charge in [-0.1, -0.05) is 211 Å². The van der Waals surface area contributed by atoms with E-state index in [-0.39, 0.29) is 12.5 Å². The van der Waals surface area contributed by atoms with Crippen molar-refractivity contribution in [2.45, 2.75) is 244 Å². The molecule has 294 valence electrons. The summed E-state index contributed by atoms with van der Waals surface area (Å²) in [6, 6.07) is -0.543. The maximum Gasteiger partial charge on any atom is 0.220 e. The largest absolute Gasteiger partial charge is 0.394 e. The van der Waals surface area contributed by atoms with Gasteiger partial charge < -0.3 is 15.5 Å². The summed E-state index contributed by atoms with van der Waals surface area (Å²) in [7, 11) is 0. The molecule has 3 N–H and O–H groups in total. The van der Waals surface area contributed by atoms with E-state index in [4.69, 9.17) is 0 Å². The van der Waals surface area contributed by atoms with E-state index in [1.165, 1.54) is 154 Å². The summed E-state index contributed by atoms with van der Waals surface area (Å²) < 4.78 is 0. The number of carbonyl (C=O) groups excluding carboxylic acids is 1. The molecule has 0 aromatic rings. The molecule has 0 rings (SSSR count). The Balaban J connectivity index is 3.55. The first-order valence-electron chi connectivity index (χ1n) is 22.2. The molecule has 4 nitrogen and oxygen atoms in total. The van der Waals surface area contributed by atoms with Crippen molar-refractivity contribution in [1.82, 2.24) is 5.32 Å². The van der Waals surface area contributed by atoms with Gasteiger partial charge >= 0.3 is 0 Å². The summed E-state index contributed by atoms with van der Waals surface area (Å²) in [6.45, 7) is 4.33. The molecule has 0 spiro atoms. The highest BCUT2D eigenvalue weighted by Crippen LogP contribution is 2.16. The molecule has 0 fully saturated rings. The molecule has 0 aromatic heterocycles. The van der Waals surface area contributed by atoms with Gasteiger partial charge in [0.25, 0.3) is 0 Å². The summed E-state index contributed by atoms with van der Waals surface area (Å²) in [6.07, 6.45) is 55.0. The standard InChI is InChI=1S/C46H87NO3/c1-3-5-7-9-11-13-15-17-19-21-23-25-27-29-31-33-35-37-39-41-45(49)44(43-48)47-46(50)42-40-38-36-34-32-30-28-26-24-22-20-18-16-14-12-10-8-6-4-2/h12,14,18,20,24,26,44-45,48-49H,3-11,13,15-17,19,21-23,25,27-43H2,1-2H3,(H,47,50)/b14-12-,20-18-,26-24-. The number of aliphatic hydroxyl groups excluding tert-OH is 2. The fourth-order valence-electron chi connectivity index (χ4n) is 6.72. The van der Waals surface area contributed by atoms with Crippen LogP contribution in [0.25, 0.3) is 0 Å². The topological polar surface area (TPSA) is 69.6 Å². The van der Waals surface area contributed by atoms with Gasteiger partial charge in [0.15, 0.2) is 0 Å². The van der Waals surface area contributed by atoms with E-state index < -0.39 is 12.1 Å². The zero-order valence-electron chi connectivity index (χ0n) is 33.7. The van der Waals surface area contributed by atoms with Crippen molar-refractivity contribution in [2.75, 3.05) is 6.61 Å². The second-order valence-corrected chi connectivity index (χ2v) is 15.1. The SMILES string of the molecule is CCCCC/C=C\C/C=C\C/C=C\CCCCCCCCC(=O)NC(CO)C(O)CCCCCCCCCCCCCCCCCCCCC. The van der Waals surface area contributed by atoms with Crippen molar-refractivity contribution in [1.29, 1.82) is 0 Å². The van der Waals surface area contributed by atoms with E-state index in [2.05, 4.69) is 55.6 Å². The lowest BCUT2D eigenvalue weighted by atomic mass is 10.0. The Labute approximate surface area is 312 Å². The first kappa shape index (κ1) is 48.6. The Morgan fingerprint density at radius 1 is 0.480 bits per heavy atom. The minimum absolute atomic E-state index is 0.0431. The molecule has 2 unspecified atom stereocenters. The second kappa shape index (κ2) is 42.0. The average Bonchev–Trinajstić information content (AvgIpc) is 3.12. The predicted molar refractivity (Wildman–Crippen MR) is 221 cm³/mol. The third-order valence-electron chi connectivity index (χ3n) is 10.2. The predicted octanol–water partition coefficient (Wildman–Crippen LogP) is 13.8. The van der Waals surface area contributed by atoms with E-state index in [0.29, 0.717) is 12.8 Å². The molecule has 4 heteroatoms. The Morgan fingerprint density at radius 2 is 0.820 bits per heavy atom. The number of carbonyl (C=O) groups is 1. The first-order chi connectivity index (χ1) is 24.7. The number of amides is 1. The normalized spacial score (nSPS) is 13.3. The molecule has 0 aliphatic carbocycles. The van der Waals surface area contributed by atoms with Crippen molar-refractivity contribution >= 4 is 5.91 Å². The Hall–Kier alpha value is -1.39. The van der Waals surface area contributed by atoms with Crippen LogP contribution in [0.1, 0.15) is 232 Å². The Morgan fingerprint density at radius 3 is 1.26 bits per heavy atom. The van der Waals surface area contributed by atoms with Crippen molar-refractivity contribution in [3.8, 4) is 0 Å². The van der Waals surface area contributed by atoms with Crippen LogP contribution in [0.3, 0.4) is 0 Å². The lowest BCUT2D eigenvalue weighted by Crippen LogP contribution is -2.45. The minimum atomic E-state index is -0.665. The monoisotopic (exact) mass is 702 g/mol. The molecular weight excluding hydrogens is 615 g/mol. The molecule has 0 saturated heterocycles. The van der Waals surface area contributed by atoms with Gasteiger partial charge in [-0.2, -0.15) is 0 Å². The highest BCUT2D eigenvalue weighted by molar-refractivity contribution is 5.76. The van der Waals surface area contributed by atoms with Gasteiger partial charge in [0.05, 0.1) is 18.8 Å². The molecule has 0 aliphatic rings. The summed E-state index contributed by atoms with van der Waals surface area (Å²) in [5, 5.41) is 23.2. The van der Waals surface area contributed by atoms with Gasteiger partial charge in [0.2, 0.25) is 5.91 Å². The average molecular weight is 702 g/mol. The van der Waals surface area contributed by atoms with Crippen LogP contribution in [-0.2, 0) is 4.79 Å². The molecule has 50 heavy (non-hydrogen) atoms. The van der Waals surface area contributed by atoms with Crippen LogP contribution < -0.4 is 5.32 Å². The highest BCUT2D eigenvalue weighted by atomic mass is 16.3. The molecule has 1 amide bonds. The van der Waals surface area contributed by atoms with Crippen molar-refractivity contribution in [2.24, 2.45) is 0 Å². The molecular formula is C46H87NO3. The number of nitrogens with one attached hydrogen (secondary N) is 1. The highest BCUT2D eigenvalue weighted by Gasteiger charge is 2.20. The first-order valence-corrected chi connectivity index (χ1v) is 22.2.